The van der Waals surface area contributed by atoms with Gasteiger partial charge in [0.05, 0.1) is 6.26 Å². The number of aromatic nitrogens is 4. The first-order valence-electron chi connectivity index (χ1n) is 6.73. The largest absolute Gasteiger partial charge is 0.469 e. The lowest BCUT2D eigenvalue weighted by atomic mass is 10.1. The molecule has 0 spiro atoms. The van der Waals surface area contributed by atoms with E-state index in [1.807, 2.05) is 0 Å². The van der Waals surface area contributed by atoms with E-state index in [-0.39, 0.29) is 18.1 Å². The Morgan fingerprint density at radius 1 is 1.22 bits per heavy atom. The van der Waals surface area contributed by atoms with E-state index in [0.29, 0.717) is 17.7 Å². The van der Waals surface area contributed by atoms with Crippen LogP contribution in [0.3, 0.4) is 0 Å². The van der Waals surface area contributed by atoms with E-state index in [4.69, 9.17) is 4.42 Å². The number of ketones is 2. The van der Waals surface area contributed by atoms with Crippen molar-refractivity contribution in [2.45, 2.75) is 12.8 Å². The van der Waals surface area contributed by atoms with Gasteiger partial charge in [0, 0.05) is 12.8 Å². The second kappa shape index (κ2) is 6.30. The number of aromatic amines is 1. The Balaban J connectivity index is 1.65. The number of rotatable bonds is 6. The average molecular weight is 314 g/mol. The summed E-state index contributed by atoms with van der Waals surface area (Å²) in [7, 11) is 0. The van der Waals surface area contributed by atoms with E-state index < -0.39 is 11.6 Å². The van der Waals surface area contributed by atoms with E-state index in [0.717, 1.165) is 5.56 Å². The number of nitrogens with one attached hydrogen (secondary N) is 1. The third kappa shape index (κ3) is 3.54. The molecule has 0 atom stereocenters. The average Bonchev–Trinajstić information content (AvgIpc) is 3.18. The first-order valence-corrected chi connectivity index (χ1v) is 6.73. The van der Waals surface area contributed by atoms with E-state index in [1.54, 1.807) is 18.2 Å². The molecule has 0 fully saturated rings. The summed E-state index contributed by atoms with van der Waals surface area (Å²) >= 11 is 0. The van der Waals surface area contributed by atoms with Crippen LogP contribution in [-0.4, -0.2) is 32.2 Å². The number of hydrogen-bond acceptors (Lipinski definition) is 6. The normalized spacial score (nSPS) is 10.7. The molecule has 0 amide bonds. The minimum Gasteiger partial charge on any atom is -0.469 e. The highest BCUT2D eigenvalue weighted by atomic mass is 19.1. The maximum Gasteiger partial charge on any atom is 0.269 e. The van der Waals surface area contributed by atoms with Crippen molar-refractivity contribution in [3.05, 3.63) is 65.1 Å². The SMILES string of the molecule is O=C(Cc1coc(Cc2cccc(F)c2)c1)C(=O)c1nn[nH]n1. The highest BCUT2D eigenvalue weighted by Crippen LogP contribution is 2.15. The summed E-state index contributed by atoms with van der Waals surface area (Å²) < 4.78 is 18.5. The monoisotopic (exact) mass is 314 g/mol. The summed E-state index contributed by atoms with van der Waals surface area (Å²) in [5.74, 6) is -1.49. The van der Waals surface area contributed by atoms with E-state index in [9.17, 15) is 14.0 Å². The standard InChI is InChI=1S/C15H11FN4O3/c16-11-3-1-2-9(4-11)5-12-6-10(8-23-12)7-13(21)14(22)15-17-19-20-18-15/h1-4,6,8H,5,7H2,(H,17,18,19,20). The predicted molar refractivity (Wildman–Crippen MR) is 75.1 cm³/mol. The van der Waals surface area contributed by atoms with Crippen LogP contribution in [0.5, 0.6) is 0 Å². The summed E-state index contributed by atoms with van der Waals surface area (Å²) in [5.41, 5.74) is 1.30. The minimum atomic E-state index is -0.813. The number of nitrogens with zero attached hydrogens (tertiary/aromatic N) is 3. The molecule has 116 valence electrons. The molecule has 7 nitrogen and oxygen atoms in total. The van der Waals surface area contributed by atoms with Gasteiger partial charge in [0.2, 0.25) is 11.6 Å². The molecular weight excluding hydrogens is 303 g/mol. The van der Waals surface area contributed by atoms with Gasteiger partial charge in [0.25, 0.3) is 5.78 Å². The van der Waals surface area contributed by atoms with Gasteiger partial charge in [0.1, 0.15) is 11.6 Å². The van der Waals surface area contributed by atoms with Crippen LogP contribution in [0, 0.1) is 5.82 Å². The fourth-order valence-electron chi connectivity index (χ4n) is 2.11. The number of carbonyl (C=O) groups excluding carboxylic acids is 2. The van der Waals surface area contributed by atoms with Gasteiger partial charge < -0.3 is 4.42 Å². The minimum absolute atomic E-state index is 0.125. The Kier molecular flexibility index (Phi) is 4.05. The van der Waals surface area contributed by atoms with Crippen LogP contribution in [-0.2, 0) is 17.6 Å². The molecular formula is C15H11FN4O3. The van der Waals surface area contributed by atoms with Crippen molar-refractivity contribution < 1.29 is 18.4 Å². The van der Waals surface area contributed by atoms with Crippen molar-refractivity contribution in [3.63, 3.8) is 0 Å². The molecule has 0 unspecified atom stereocenters. The van der Waals surface area contributed by atoms with Gasteiger partial charge in [0.15, 0.2) is 0 Å². The summed E-state index contributed by atoms with van der Waals surface area (Å²) in [6, 6.07) is 7.82. The topological polar surface area (TPSA) is 102 Å². The van der Waals surface area contributed by atoms with Crippen LogP contribution in [0.25, 0.3) is 0 Å². The molecule has 0 aliphatic carbocycles. The molecule has 1 aromatic carbocycles. The Bertz CT molecular complexity index is 842. The number of halogens is 1. The number of furan rings is 1. The van der Waals surface area contributed by atoms with Gasteiger partial charge in [-0.15, -0.1) is 10.2 Å². The van der Waals surface area contributed by atoms with Crippen LogP contribution >= 0.6 is 0 Å². The molecule has 0 bridgehead atoms. The van der Waals surface area contributed by atoms with Crippen molar-refractivity contribution in [3.8, 4) is 0 Å². The molecule has 0 saturated carbocycles. The van der Waals surface area contributed by atoms with Crippen LogP contribution in [0.4, 0.5) is 4.39 Å². The molecule has 0 saturated heterocycles. The van der Waals surface area contributed by atoms with Crippen molar-refractivity contribution in [2.75, 3.05) is 0 Å². The van der Waals surface area contributed by atoms with Crippen molar-refractivity contribution in [1.29, 1.82) is 0 Å². The third-order valence-electron chi connectivity index (χ3n) is 3.14. The van der Waals surface area contributed by atoms with Crippen LogP contribution in [0.2, 0.25) is 0 Å². The molecule has 23 heavy (non-hydrogen) atoms. The maximum absolute atomic E-state index is 13.1. The Hall–Kier alpha value is -3.16. The van der Waals surface area contributed by atoms with Crippen molar-refractivity contribution >= 4 is 11.6 Å². The number of Topliss-reactive ketones (excluding diaryl/α,β-unsaturated/α-hetero) is 2. The zero-order valence-corrected chi connectivity index (χ0v) is 11.8. The fourth-order valence-corrected chi connectivity index (χ4v) is 2.11. The number of benzene rings is 1. The van der Waals surface area contributed by atoms with Gasteiger partial charge in [-0.25, -0.2) is 4.39 Å². The molecule has 8 heteroatoms. The lowest BCUT2D eigenvalue weighted by Gasteiger charge is -1.97. The molecule has 3 rings (SSSR count). The molecule has 0 aliphatic heterocycles. The maximum atomic E-state index is 13.1. The van der Waals surface area contributed by atoms with Crippen LogP contribution < -0.4 is 0 Å². The number of hydrogen-bond donors (Lipinski definition) is 1. The van der Waals surface area contributed by atoms with Gasteiger partial charge in [-0.05, 0) is 34.5 Å². The molecule has 2 heterocycles. The second-order valence-corrected chi connectivity index (χ2v) is 4.89. The lowest BCUT2D eigenvalue weighted by molar-refractivity contribution is -0.114. The van der Waals surface area contributed by atoms with Gasteiger partial charge in [-0.1, -0.05) is 12.1 Å². The Morgan fingerprint density at radius 3 is 2.83 bits per heavy atom. The van der Waals surface area contributed by atoms with E-state index >= 15 is 0 Å². The van der Waals surface area contributed by atoms with Crippen molar-refractivity contribution in [2.24, 2.45) is 0 Å². The smallest absolute Gasteiger partial charge is 0.269 e. The second-order valence-electron chi connectivity index (χ2n) is 4.89. The molecule has 2 aromatic heterocycles. The van der Waals surface area contributed by atoms with Gasteiger partial charge in [-0.2, -0.15) is 5.21 Å². The number of H-pyrrole nitrogens is 1. The molecule has 0 aliphatic rings. The van der Waals surface area contributed by atoms with Crippen molar-refractivity contribution in [1.82, 2.24) is 20.6 Å². The predicted octanol–water partition coefficient (Wildman–Crippen LogP) is 1.52. The summed E-state index contributed by atoms with van der Waals surface area (Å²) in [5, 5.41) is 12.3. The summed E-state index contributed by atoms with van der Waals surface area (Å²) in [6.45, 7) is 0. The highest BCUT2D eigenvalue weighted by molar-refractivity contribution is 6.43. The summed E-state index contributed by atoms with van der Waals surface area (Å²) in [4.78, 5) is 23.6. The molecule has 1 N–H and O–H groups in total. The first-order chi connectivity index (χ1) is 11.1. The Labute approximate surface area is 129 Å². The van der Waals surface area contributed by atoms with E-state index in [1.165, 1.54) is 18.4 Å². The highest BCUT2D eigenvalue weighted by Gasteiger charge is 2.21. The van der Waals surface area contributed by atoms with Gasteiger partial charge in [-0.3, -0.25) is 9.59 Å². The van der Waals surface area contributed by atoms with E-state index in [2.05, 4.69) is 20.6 Å². The zero-order valence-electron chi connectivity index (χ0n) is 11.8. The summed E-state index contributed by atoms with van der Waals surface area (Å²) in [6.07, 6.45) is 1.67. The fraction of sp³-hybridized carbons (Fsp3) is 0.133. The number of tetrazole rings is 1. The first kappa shape index (κ1) is 14.8. The zero-order chi connectivity index (χ0) is 16.2. The van der Waals surface area contributed by atoms with Gasteiger partial charge >= 0.3 is 0 Å². The molecule has 3 aromatic rings. The quantitative estimate of drug-likeness (QED) is 0.546. The lowest BCUT2D eigenvalue weighted by Crippen LogP contribution is -2.18. The third-order valence-corrected chi connectivity index (χ3v) is 3.14. The number of carbonyl (C=O) groups is 2. The molecule has 0 radical (unpaired) electrons. The Morgan fingerprint density at radius 2 is 2.09 bits per heavy atom. The van der Waals surface area contributed by atoms with Crippen LogP contribution in [0.1, 0.15) is 27.5 Å². The van der Waals surface area contributed by atoms with Crippen LogP contribution in [0.15, 0.2) is 41.0 Å².